The summed E-state index contributed by atoms with van der Waals surface area (Å²) < 4.78 is 40.2. The summed E-state index contributed by atoms with van der Waals surface area (Å²) in [7, 11) is 1.63. The molecule has 1 heterocycles. The summed E-state index contributed by atoms with van der Waals surface area (Å²) in [5.41, 5.74) is 2.59. The number of benzene rings is 2. The fourth-order valence-corrected chi connectivity index (χ4v) is 3.48. The molecule has 174 valence electrons. The zero-order valence-corrected chi connectivity index (χ0v) is 18.4. The number of ether oxygens (including phenoxy) is 3. The van der Waals surface area contributed by atoms with Crippen molar-refractivity contribution in [2.75, 3.05) is 20.2 Å². The Morgan fingerprint density at radius 3 is 2.66 bits per heavy atom. The monoisotopic (exact) mass is 449 g/mol. The van der Waals surface area contributed by atoms with Gasteiger partial charge in [0.25, 0.3) is 0 Å². The zero-order valence-electron chi connectivity index (χ0n) is 18.4. The van der Waals surface area contributed by atoms with E-state index in [1.54, 1.807) is 19.2 Å². The van der Waals surface area contributed by atoms with Gasteiger partial charge < -0.3 is 30.0 Å². The highest BCUT2D eigenvalue weighted by atomic mass is 19.3. The van der Waals surface area contributed by atoms with Gasteiger partial charge in [0.2, 0.25) is 0 Å². The molecule has 0 aromatic heterocycles. The van der Waals surface area contributed by atoms with Crippen LogP contribution in [0.1, 0.15) is 36.6 Å². The molecule has 2 unspecified atom stereocenters. The number of rotatable bonds is 9. The van der Waals surface area contributed by atoms with Crippen LogP contribution < -0.4 is 24.8 Å². The summed E-state index contributed by atoms with van der Waals surface area (Å²) in [5.74, 6) is 2.19. The molecule has 3 rings (SSSR count). The first-order valence-electron chi connectivity index (χ1n) is 10.5. The minimum atomic E-state index is -2.88. The van der Waals surface area contributed by atoms with Crippen molar-refractivity contribution < 1.29 is 28.1 Å². The van der Waals surface area contributed by atoms with Gasteiger partial charge in [-0.25, -0.2) is 4.99 Å². The third-order valence-electron chi connectivity index (χ3n) is 5.00. The Hall–Kier alpha value is -3.07. The number of halogens is 2. The predicted octanol–water partition coefficient (Wildman–Crippen LogP) is 3.41. The van der Waals surface area contributed by atoms with Crippen LogP contribution in [-0.2, 0) is 13.0 Å². The van der Waals surface area contributed by atoms with Crippen LogP contribution in [-0.4, -0.2) is 44.0 Å². The molecule has 0 fully saturated rings. The number of fused-ring (bicyclic) bond motifs is 1. The summed E-state index contributed by atoms with van der Waals surface area (Å²) in [6.45, 7) is 2.28. The van der Waals surface area contributed by atoms with Crippen molar-refractivity contribution >= 4 is 5.96 Å². The maximum Gasteiger partial charge on any atom is 0.387 e. The van der Waals surface area contributed by atoms with Crippen LogP contribution >= 0.6 is 0 Å². The van der Waals surface area contributed by atoms with Gasteiger partial charge in [0, 0.05) is 30.6 Å². The Morgan fingerprint density at radius 2 is 2.00 bits per heavy atom. The lowest BCUT2D eigenvalue weighted by Crippen LogP contribution is -2.39. The van der Waals surface area contributed by atoms with Crippen LogP contribution in [0.4, 0.5) is 8.78 Å². The van der Waals surface area contributed by atoms with E-state index < -0.39 is 12.7 Å². The molecule has 0 spiro atoms. The summed E-state index contributed by atoms with van der Waals surface area (Å²) in [4.78, 5) is 4.59. The number of aliphatic imine (C=N–C) groups is 1. The minimum Gasteiger partial charge on any atom is -0.496 e. The second-order valence-corrected chi connectivity index (χ2v) is 7.44. The number of methoxy groups -OCH3 is 1. The highest BCUT2D eigenvalue weighted by Crippen LogP contribution is 2.35. The first kappa shape index (κ1) is 23.6. The van der Waals surface area contributed by atoms with Crippen LogP contribution in [0.25, 0.3) is 0 Å². The van der Waals surface area contributed by atoms with Crippen molar-refractivity contribution in [3.8, 4) is 17.2 Å². The summed E-state index contributed by atoms with van der Waals surface area (Å²) in [6, 6.07) is 9.84. The molecule has 9 heteroatoms. The van der Waals surface area contributed by atoms with Gasteiger partial charge in [0.1, 0.15) is 23.4 Å². The third-order valence-corrected chi connectivity index (χ3v) is 5.00. The molecule has 0 saturated carbocycles. The molecule has 0 saturated heterocycles. The molecular formula is C23H29F2N3O4. The average molecular weight is 449 g/mol. The van der Waals surface area contributed by atoms with Gasteiger partial charge in [-0.05, 0) is 43.7 Å². The van der Waals surface area contributed by atoms with Gasteiger partial charge in [-0.15, -0.1) is 0 Å². The Kier molecular flexibility index (Phi) is 8.10. The Labute approximate surface area is 186 Å². The number of hydrogen-bond acceptors (Lipinski definition) is 5. The lowest BCUT2D eigenvalue weighted by molar-refractivity contribution is -0.0498. The molecule has 0 bridgehead atoms. The maximum absolute atomic E-state index is 12.3. The first-order valence-corrected chi connectivity index (χ1v) is 10.5. The first-order chi connectivity index (χ1) is 15.4. The molecule has 32 heavy (non-hydrogen) atoms. The van der Waals surface area contributed by atoms with E-state index in [0.29, 0.717) is 24.6 Å². The predicted molar refractivity (Wildman–Crippen MR) is 118 cm³/mol. The summed E-state index contributed by atoms with van der Waals surface area (Å²) in [5, 5.41) is 16.7. The molecule has 1 aliphatic heterocycles. The number of nitrogens with zero attached hydrogens (tertiary/aromatic N) is 1. The van der Waals surface area contributed by atoms with Gasteiger partial charge in [0.05, 0.1) is 19.8 Å². The lowest BCUT2D eigenvalue weighted by Gasteiger charge is -2.16. The SMILES string of the molecule is CCNC(=NCc1cc2c(cc1OC)CC(C)O2)NCC(O)c1ccc(OC(F)F)cc1. The molecular weight excluding hydrogens is 420 g/mol. The van der Waals surface area contributed by atoms with Gasteiger partial charge in [-0.3, -0.25) is 0 Å². The second kappa shape index (κ2) is 11.0. The molecule has 0 radical (unpaired) electrons. The summed E-state index contributed by atoms with van der Waals surface area (Å²) >= 11 is 0. The fraction of sp³-hybridized carbons (Fsp3) is 0.435. The van der Waals surface area contributed by atoms with E-state index in [2.05, 4.69) is 20.4 Å². The van der Waals surface area contributed by atoms with E-state index in [1.165, 1.54) is 12.1 Å². The number of nitrogens with one attached hydrogen (secondary N) is 2. The fourth-order valence-electron chi connectivity index (χ4n) is 3.48. The highest BCUT2D eigenvalue weighted by Gasteiger charge is 2.21. The van der Waals surface area contributed by atoms with Crippen LogP contribution in [0.3, 0.4) is 0 Å². The van der Waals surface area contributed by atoms with Gasteiger partial charge in [0.15, 0.2) is 5.96 Å². The van der Waals surface area contributed by atoms with Crippen LogP contribution in [0, 0.1) is 0 Å². The lowest BCUT2D eigenvalue weighted by atomic mass is 10.1. The average Bonchev–Trinajstić information content (AvgIpc) is 3.13. The standard InChI is InChI=1S/C23H29F2N3O4/c1-4-26-23(28-13-19(29)15-5-7-18(8-6-15)32-22(24)25)27-12-17-11-21-16(9-14(2)31-21)10-20(17)30-3/h5-8,10-11,14,19,22,29H,4,9,12-13H2,1-3H3,(H2,26,27,28). The number of aliphatic hydroxyl groups is 1. The number of alkyl halides is 2. The molecule has 2 atom stereocenters. The molecule has 2 aromatic carbocycles. The van der Waals surface area contributed by atoms with Crippen molar-refractivity contribution in [3.05, 3.63) is 53.1 Å². The normalized spacial score (nSPS) is 16.3. The van der Waals surface area contributed by atoms with Crippen LogP contribution in [0.15, 0.2) is 41.4 Å². The van der Waals surface area contributed by atoms with E-state index >= 15 is 0 Å². The maximum atomic E-state index is 12.3. The largest absolute Gasteiger partial charge is 0.496 e. The topological polar surface area (TPSA) is 84.3 Å². The van der Waals surface area contributed by atoms with Crippen molar-refractivity contribution in [2.45, 2.75) is 45.6 Å². The van der Waals surface area contributed by atoms with Crippen LogP contribution in [0.5, 0.6) is 17.2 Å². The summed E-state index contributed by atoms with van der Waals surface area (Å²) in [6.07, 6.45) is 0.140. The molecule has 1 aliphatic rings. The Morgan fingerprint density at radius 1 is 1.25 bits per heavy atom. The number of hydrogen-bond donors (Lipinski definition) is 3. The molecule has 0 aliphatic carbocycles. The molecule has 7 nitrogen and oxygen atoms in total. The molecule has 2 aromatic rings. The van der Waals surface area contributed by atoms with E-state index in [-0.39, 0.29) is 18.4 Å². The zero-order chi connectivity index (χ0) is 23.1. The minimum absolute atomic E-state index is 0.0421. The van der Waals surface area contributed by atoms with Crippen molar-refractivity contribution in [3.63, 3.8) is 0 Å². The second-order valence-electron chi connectivity index (χ2n) is 7.44. The quantitative estimate of drug-likeness (QED) is 0.402. The Balaban J connectivity index is 1.63. The third kappa shape index (κ3) is 6.23. The van der Waals surface area contributed by atoms with Crippen LogP contribution in [0.2, 0.25) is 0 Å². The van der Waals surface area contributed by atoms with Gasteiger partial charge in [-0.2, -0.15) is 8.78 Å². The Bertz CT molecular complexity index is 922. The number of guanidine groups is 1. The smallest absolute Gasteiger partial charge is 0.387 e. The van der Waals surface area contributed by atoms with Crippen molar-refractivity contribution in [1.29, 1.82) is 0 Å². The van der Waals surface area contributed by atoms with Gasteiger partial charge in [-0.1, -0.05) is 12.1 Å². The van der Waals surface area contributed by atoms with E-state index in [4.69, 9.17) is 9.47 Å². The van der Waals surface area contributed by atoms with E-state index in [0.717, 1.165) is 29.0 Å². The molecule has 0 amide bonds. The number of aliphatic hydroxyl groups excluding tert-OH is 1. The van der Waals surface area contributed by atoms with Crippen molar-refractivity contribution in [1.82, 2.24) is 10.6 Å². The van der Waals surface area contributed by atoms with E-state index in [1.807, 2.05) is 26.0 Å². The van der Waals surface area contributed by atoms with E-state index in [9.17, 15) is 13.9 Å². The van der Waals surface area contributed by atoms with Crippen molar-refractivity contribution in [2.24, 2.45) is 4.99 Å². The molecule has 3 N–H and O–H groups in total. The highest BCUT2D eigenvalue weighted by molar-refractivity contribution is 5.79. The van der Waals surface area contributed by atoms with Gasteiger partial charge >= 0.3 is 6.61 Å².